The van der Waals surface area contributed by atoms with E-state index in [0.717, 1.165) is 17.7 Å². The average Bonchev–Trinajstić information content (AvgIpc) is 2.90. The normalized spacial score (nSPS) is 10.9. The van der Waals surface area contributed by atoms with Crippen molar-refractivity contribution in [2.45, 2.75) is 20.4 Å². The summed E-state index contributed by atoms with van der Waals surface area (Å²) >= 11 is 6.17. The summed E-state index contributed by atoms with van der Waals surface area (Å²) in [5, 5.41) is 4.86. The van der Waals surface area contributed by atoms with Crippen molar-refractivity contribution in [3.05, 3.63) is 81.6 Å². The summed E-state index contributed by atoms with van der Waals surface area (Å²) < 4.78 is 28.6. The first-order valence-corrected chi connectivity index (χ1v) is 8.68. The van der Waals surface area contributed by atoms with E-state index < -0.39 is 11.6 Å². The Morgan fingerprint density at radius 3 is 2.56 bits per heavy atom. The van der Waals surface area contributed by atoms with E-state index in [4.69, 9.17) is 11.6 Å². The zero-order valence-electron chi connectivity index (χ0n) is 15.1. The highest BCUT2D eigenvalue weighted by molar-refractivity contribution is 6.31. The molecule has 0 radical (unpaired) electrons. The van der Waals surface area contributed by atoms with Crippen molar-refractivity contribution in [2.24, 2.45) is 0 Å². The molecule has 0 spiro atoms. The van der Waals surface area contributed by atoms with Crippen LogP contribution in [0.1, 0.15) is 27.3 Å². The molecule has 0 atom stereocenters. The van der Waals surface area contributed by atoms with Gasteiger partial charge < -0.3 is 4.90 Å². The fraction of sp³-hybridized carbons (Fsp3) is 0.200. The Bertz CT molecular complexity index is 1020. The second-order valence-electron chi connectivity index (χ2n) is 6.31. The van der Waals surface area contributed by atoms with E-state index in [1.54, 1.807) is 27.0 Å². The Morgan fingerprint density at radius 1 is 1.19 bits per heavy atom. The molecule has 1 amide bonds. The molecule has 0 saturated carbocycles. The van der Waals surface area contributed by atoms with E-state index in [9.17, 15) is 13.6 Å². The Morgan fingerprint density at radius 2 is 1.89 bits per heavy atom. The zero-order valence-corrected chi connectivity index (χ0v) is 15.9. The van der Waals surface area contributed by atoms with Crippen LogP contribution >= 0.6 is 11.6 Å². The minimum atomic E-state index is -0.746. The summed E-state index contributed by atoms with van der Waals surface area (Å²) in [4.78, 5) is 14.5. The quantitative estimate of drug-likeness (QED) is 0.649. The second kappa shape index (κ2) is 7.48. The summed E-state index contributed by atoms with van der Waals surface area (Å²) in [6.07, 6.45) is 0. The summed E-state index contributed by atoms with van der Waals surface area (Å²) in [5.41, 5.74) is 2.24. The van der Waals surface area contributed by atoms with Gasteiger partial charge in [-0.15, -0.1) is 0 Å². The van der Waals surface area contributed by atoms with Gasteiger partial charge in [-0.3, -0.25) is 4.79 Å². The topological polar surface area (TPSA) is 38.1 Å². The zero-order chi connectivity index (χ0) is 19.7. The SMILES string of the molecule is Cc1nn(-c2ccc(F)cc2F)c(C)c1C(=O)N(C)Cc1ccccc1Cl. The number of benzene rings is 2. The van der Waals surface area contributed by atoms with E-state index >= 15 is 0 Å². The number of hydrogen-bond donors (Lipinski definition) is 0. The predicted octanol–water partition coefficient (Wildman–Crippen LogP) is 4.69. The lowest BCUT2D eigenvalue weighted by molar-refractivity contribution is 0.0783. The van der Waals surface area contributed by atoms with Gasteiger partial charge in [-0.2, -0.15) is 5.10 Å². The van der Waals surface area contributed by atoms with Crippen molar-refractivity contribution in [1.29, 1.82) is 0 Å². The van der Waals surface area contributed by atoms with Gasteiger partial charge in [0, 0.05) is 24.7 Å². The molecule has 2 aromatic carbocycles. The summed E-state index contributed by atoms with van der Waals surface area (Å²) in [7, 11) is 1.67. The van der Waals surface area contributed by atoms with E-state index in [2.05, 4.69) is 5.10 Å². The van der Waals surface area contributed by atoms with Crippen LogP contribution < -0.4 is 0 Å². The van der Waals surface area contributed by atoms with E-state index in [1.807, 2.05) is 18.2 Å². The molecule has 0 N–H and O–H groups in total. The summed E-state index contributed by atoms with van der Waals surface area (Å²) in [6, 6.07) is 10.5. The minimum absolute atomic E-state index is 0.0878. The van der Waals surface area contributed by atoms with Gasteiger partial charge in [-0.05, 0) is 37.6 Å². The lowest BCUT2D eigenvalue weighted by atomic mass is 10.1. The highest BCUT2D eigenvalue weighted by Gasteiger charge is 2.24. The van der Waals surface area contributed by atoms with Gasteiger partial charge in [-0.1, -0.05) is 29.8 Å². The van der Waals surface area contributed by atoms with Crippen LogP contribution in [0.25, 0.3) is 5.69 Å². The van der Waals surface area contributed by atoms with Crippen molar-refractivity contribution < 1.29 is 13.6 Å². The maximum atomic E-state index is 14.1. The van der Waals surface area contributed by atoms with Crippen LogP contribution in [0.4, 0.5) is 8.78 Å². The molecule has 3 rings (SSSR count). The van der Waals surface area contributed by atoms with Crippen molar-refractivity contribution in [3.63, 3.8) is 0 Å². The molecule has 0 aliphatic carbocycles. The van der Waals surface area contributed by atoms with E-state index in [0.29, 0.717) is 28.5 Å². The number of hydrogen-bond acceptors (Lipinski definition) is 2. The average molecular weight is 390 g/mol. The molecule has 3 aromatic rings. The molecular formula is C20H18ClF2N3O. The maximum Gasteiger partial charge on any atom is 0.257 e. The first kappa shape index (κ1) is 19.0. The van der Waals surface area contributed by atoms with Crippen molar-refractivity contribution >= 4 is 17.5 Å². The van der Waals surface area contributed by atoms with Crippen LogP contribution in [0.15, 0.2) is 42.5 Å². The molecule has 7 heteroatoms. The van der Waals surface area contributed by atoms with Crippen molar-refractivity contribution in [3.8, 4) is 5.69 Å². The Hall–Kier alpha value is -2.73. The molecule has 0 bridgehead atoms. The Kier molecular flexibility index (Phi) is 5.28. The highest BCUT2D eigenvalue weighted by atomic mass is 35.5. The number of nitrogens with zero attached hydrogens (tertiary/aromatic N) is 3. The lowest BCUT2D eigenvalue weighted by Gasteiger charge is -2.18. The molecular weight excluding hydrogens is 372 g/mol. The van der Waals surface area contributed by atoms with E-state index in [1.165, 1.54) is 15.6 Å². The number of aromatic nitrogens is 2. The van der Waals surface area contributed by atoms with Crippen molar-refractivity contribution in [2.75, 3.05) is 7.05 Å². The minimum Gasteiger partial charge on any atom is -0.337 e. The van der Waals surface area contributed by atoms with Crippen LogP contribution in [0.5, 0.6) is 0 Å². The number of halogens is 3. The summed E-state index contributed by atoms with van der Waals surface area (Å²) in [5.74, 6) is -1.67. The number of aryl methyl sites for hydroxylation is 1. The smallest absolute Gasteiger partial charge is 0.257 e. The molecule has 0 saturated heterocycles. The van der Waals surface area contributed by atoms with Gasteiger partial charge in [0.05, 0.1) is 17.0 Å². The molecule has 0 unspecified atom stereocenters. The molecule has 4 nitrogen and oxygen atoms in total. The van der Waals surface area contributed by atoms with Crippen LogP contribution in [-0.2, 0) is 6.54 Å². The molecule has 27 heavy (non-hydrogen) atoms. The monoisotopic (exact) mass is 389 g/mol. The number of carbonyl (C=O) groups excluding carboxylic acids is 1. The third-order valence-electron chi connectivity index (χ3n) is 4.36. The molecule has 1 aromatic heterocycles. The third-order valence-corrected chi connectivity index (χ3v) is 4.72. The van der Waals surface area contributed by atoms with Crippen LogP contribution in [-0.4, -0.2) is 27.6 Å². The van der Waals surface area contributed by atoms with Gasteiger partial charge in [0.2, 0.25) is 0 Å². The van der Waals surface area contributed by atoms with Crippen molar-refractivity contribution in [1.82, 2.24) is 14.7 Å². The first-order valence-electron chi connectivity index (χ1n) is 8.30. The fourth-order valence-corrected chi connectivity index (χ4v) is 3.18. The second-order valence-corrected chi connectivity index (χ2v) is 6.71. The summed E-state index contributed by atoms with van der Waals surface area (Å²) in [6.45, 7) is 3.69. The predicted molar refractivity (Wildman–Crippen MR) is 100 cm³/mol. The standard InChI is InChI=1S/C20H18ClF2N3O/c1-12-19(20(27)25(3)11-14-6-4-5-7-16(14)21)13(2)26(24-12)18-9-8-15(22)10-17(18)23/h4-10H,11H2,1-3H3. The number of carbonyl (C=O) groups is 1. The van der Waals surface area contributed by atoms with Gasteiger partial charge in [0.15, 0.2) is 5.82 Å². The van der Waals surface area contributed by atoms with Gasteiger partial charge in [0.1, 0.15) is 11.5 Å². The third kappa shape index (κ3) is 3.71. The molecule has 0 aliphatic heterocycles. The first-order chi connectivity index (χ1) is 12.8. The number of rotatable bonds is 4. The van der Waals surface area contributed by atoms with E-state index in [-0.39, 0.29) is 11.6 Å². The molecule has 0 aliphatic rings. The lowest BCUT2D eigenvalue weighted by Crippen LogP contribution is -2.27. The fourth-order valence-electron chi connectivity index (χ4n) is 2.98. The van der Waals surface area contributed by atoms with Crippen LogP contribution in [0, 0.1) is 25.5 Å². The van der Waals surface area contributed by atoms with Gasteiger partial charge >= 0.3 is 0 Å². The number of amides is 1. The molecule has 0 fully saturated rings. The molecule has 140 valence electrons. The largest absolute Gasteiger partial charge is 0.337 e. The van der Waals surface area contributed by atoms with Crippen LogP contribution in [0.3, 0.4) is 0 Å². The van der Waals surface area contributed by atoms with Gasteiger partial charge in [0.25, 0.3) is 5.91 Å². The maximum absolute atomic E-state index is 14.1. The van der Waals surface area contributed by atoms with Crippen LogP contribution in [0.2, 0.25) is 5.02 Å². The van der Waals surface area contributed by atoms with Gasteiger partial charge in [-0.25, -0.2) is 13.5 Å². The highest BCUT2D eigenvalue weighted by Crippen LogP contribution is 2.23. The Balaban J connectivity index is 1.94. The molecule has 1 heterocycles. The Labute approximate surface area is 161 Å².